The molecule has 0 unspecified atom stereocenters. The van der Waals surface area contributed by atoms with Crippen molar-refractivity contribution in [2.45, 2.75) is 17.4 Å². The fourth-order valence-corrected chi connectivity index (χ4v) is 3.33. The van der Waals surface area contributed by atoms with Gasteiger partial charge in [0.05, 0.1) is 23.5 Å². The van der Waals surface area contributed by atoms with E-state index in [1.54, 1.807) is 24.3 Å². The fourth-order valence-electron chi connectivity index (χ4n) is 2.19. The van der Waals surface area contributed by atoms with Crippen molar-refractivity contribution in [3.8, 4) is 0 Å². The van der Waals surface area contributed by atoms with E-state index >= 15 is 0 Å². The van der Waals surface area contributed by atoms with Gasteiger partial charge in [-0.3, -0.25) is 9.00 Å². The van der Waals surface area contributed by atoms with Crippen molar-refractivity contribution in [2.75, 3.05) is 12.9 Å². The lowest BCUT2D eigenvalue weighted by atomic mass is 10.1. The van der Waals surface area contributed by atoms with Crippen LogP contribution in [0.5, 0.6) is 0 Å². The smallest absolute Gasteiger partial charge is 0.328 e. The van der Waals surface area contributed by atoms with Crippen molar-refractivity contribution in [3.05, 3.63) is 66.0 Å². The highest BCUT2D eigenvalue weighted by atomic mass is 32.2. The summed E-state index contributed by atoms with van der Waals surface area (Å²) in [6, 6.07) is 13.3. The van der Waals surface area contributed by atoms with Crippen molar-refractivity contribution in [1.29, 1.82) is 0 Å². The van der Waals surface area contributed by atoms with Gasteiger partial charge in [-0.25, -0.2) is 9.18 Å². The molecule has 0 saturated heterocycles. The van der Waals surface area contributed by atoms with Crippen LogP contribution in [0.1, 0.15) is 16.8 Å². The van der Waals surface area contributed by atoms with Crippen LogP contribution in [-0.2, 0) is 20.3 Å². The maximum absolute atomic E-state index is 13.7. The zero-order chi connectivity index (χ0) is 18.2. The Bertz CT molecular complexity index is 767. The lowest BCUT2D eigenvalue weighted by Gasteiger charge is -2.16. The highest BCUT2D eigenvalue weighted by molar-refractivity contribution is 7.85. The summed E-state index contributed by atoms with van der Waals surface area (Å²) in [4.78, 5) is 24.7. The molecule has 1 N–H and O–H groups in total. The molecule has 0 spiro atoms. The molecule has 2 rings (SSSR count). The summed E-state index contributed by atoms with van der Waals surface area (Å²) in [5.74, 6) is -1.92. The maximum Gasteiger partial charge on any atom is 0.328 e. The molecule has 0 aromatic heterocycles. The number of esters is 1. The molecule has 0 aliphatic rings. The molecule has 0 heterocycles. The van der Waals surface area contributed by atoms with Gasteiger partial charge in [0.2, 0.25) is 0 Å². The van der Waals surface area contributed by atoms with Crippen LogP contribution in [0.3, 0.4) is 0 Å². The van der Waals surface area contributed by atoms with Gasteiger partial charge in [-0.1, -0.05) is 30.3 Å². The standard InChI is InChI=1S/C18H18FNO4S/c1-24-18(22)16(11-12-25(23)13-7-3-2-4-8-13)20-17(21)14-9-5-6-10-15(14)19/h2-10,16H,11-12H2,1H3,(H,20,21)/t16-,25-/m0/s1. The average molecular weight is 363 g/mol. The third-order valence-corrected chi connectivity index (χ3v) is 4.91. The number of methoxy groups -OCH3 is 1. The van der Waals surface area contributed by atoms with Gasteiger partial charge in [-0.15, -0.1) is 0 Å². The van der Waals surface area contributed by atoms with Crippen LogP contribution in [0.15, 0.2) is 59.5 Å². The van der Waals surface area contributed by atoms with Crippen LogP contribution >= 0.6 is 0 Å². The number of amides is 1. The SMILES string of the molecule is COC(=O)[C@H](CC[S@](=O)c1ccccc1)NC(=O)c1ccccc1F. The summed E-state index contributed by atoms with van der Waals surface area (Å²) in [5, 5.41) is 2.44. The monoisotopic (exact) mass is 363 g/mol. The first-order valence-corrected chi connectivity index (χ1v) is 8.91. The number of nitrogens with one attached hydrogen (secondary N) is 1. The Morgan fingerprint density at radius 1 is 1.12 bits per heavy atom. The van der Waals surface area contributed by atoms with Gasteiger partial charge >= 0.3 is 5.97 Å². The van der Waals surface area contributed by atoms with E-state index in [0.717, 1.165) is 6.07 Å². The molecule has 132 valence electrons. The second kappa shape index (κ2) is 9.08. The molecule has 2 atom stereocenters. The Hall–Kier alpha value is -2.54. The zero-order valence-electron chi connectivity index (χ0n) is 13.6. The van der Waals surface area contributed by atoms with E-state index < -0.39 is 34.5 Å². The molecule has 0 fully saturated rings. The number of ether oxygens (including phenoxy) is 1. The van der Waals surface area contributed by atoms with Gasteiger partial charge in [0.25, 0.3) is 5.91 Å². The normalized spacial score (nSPS) is 12.9. The molecule has 0 radical (unpaired) electrons. The summed E-state index contributed by atoms with van der Waals surface area (Å²) in [6.45, 7) is 0. The minimum atomic E-state index is -1.32. The second-order valence-corrected chi connectivity index (χ2v) is 6.75. The molecule has 0 aliphatic carbocycles. The molecule has 0 aliphatic heterocycles. The van der Waals surface area contributed by atoms with E-state index in [0.29, 0.717) is 4.90 Å². The van der Waals surface area contributed by atoms with Crippen LogP contribution in [0.25, 0.3) is 0 Å². The Morgan fingerprint density at radius 2 is 1.76 bits per heavy atom. The van der Waals surface area contributed by atoms with E-state index in [9.17, 15) is 18.2 Å². The number of hydrogen-bond acceptors (Lipinski definition) is 4. The maximum atomic E-state index is 13.7. The highest BCUT2D eigenvalue weighted by Crippen LogP contribution is 2.10. The van der Waals surface area contributed by atoms with Crippen molar-refractivity contribution in [1.82, 2.24) is 5.32 Å². The van der Waals surface area contributed by atoms with Crippen LogP contribution < -0.4 is 5.32 Å². The van der Waals surface area contributed by atoms with Gasteiger partial charge < -0.3 is 10.1 Å². The molecular weight excluding hydrogens is 345 g/mol. The van der Waals surface area contributed by atoms with Gasteiger partial charge in [0, 0.05) is 10.6 Å². The lowest BCUT2D eigenvalue weighted by molar-refractivity contribution is -0.142. The number of halogens is 1. The average Bonchev–Trinajstić information content (AvgIpc) is 2.65. The van der Waals surface area contributed by atoms with Crippen LogP contribution in [0.4, 0.5) is 4.39 Å². The van der Waals surface area contributed by atoms with Crippen molar-refractivity contribution in [2.24, 2.45) is 0 Å². The van der Waals surface area contributed by atoms with Gasteiger partial charge in [-0.05, 0) is 30.7 Å². The van der Waals surface area contributed by atoms with Crippen molar-refractivity contribution in [3.63, 3.8) is 0 Å². The first-order valence-electron chi connectivity index (χ1n) is 7.59. The lowest BCUT2D eigenvalue weighted by Crippen LogP contribution is -2.42. The van der Waals surface area contributed by atoms with E-state index in [4.69, 9.17) is 0 Å². The minimum absolute atomic E-state index is 0.106. The van der Waals surface area contributed by atoms with Gasteiger partial charge in [-0.2, -0.15) is 0 Å². The molecule has 1 amide bonds. The summed E-state index contributed by atoms with van der Waals surface area (Å²) in [7, 11) is -0.126. The third-order valence-electron chi connectivity index (χ3n) is 3.51. The molecular formula is C18H18FNO4S. The van der Waals surface area contributed by atoms with Gasteiger partial charge in [0.15, 0.2) is 0 Å². The van der Waals surface area contributed by atoms with Crippen molar-refractivity contribution < 1.29 is 22.9 Å². The first-order chi connectivity index (χ1) is 12.0. The van der Waals surface area contributed by atoms with Crippen LogP contribution in [0, 0.1) is 5.82 Å². The predicted molar refractivity (Wildman–Crippen MR) is 92.0 cm³/mol. The Morgan fingerprint density at radius 3 is 2.40 bits per heavy atom. The van der Waals surface area contributed by atoms with Crippen LogP contribution in [-0.4, -0.2) is 35.0 Å². The molecule has 2 aromatic carbocycles. The first kappa shape index (κ1) is 18.8. The highest BCUT2D eigenvalue weighted by Gasteiger charge is 2.24. The fraction of sp³-hybridized carbons (Fsp3) is 0.222. The Labute approximate surface area is 147 Å². The van der Waals surface area contributed by atoms with E-state index in [1.165, 1.54) is 25.3 Å². The summed E-state index contributed by atoms with van der Waals surface area (Å²) in [5.41, 5.74) is -0.166. The minimum Gasteiger partial charge on any atom is -0.467 e. The van der Waals surface area contributed by atoms with Crippen molar-refractivity contribution >= 4 is 22.7 Å². The Balaban J connectivity index is 2.04. The van der Waals surface area contributed by atoms with E-state index in [2.05, 4.69) is 10.1 Å². The molecule has 0 saturated carbocycles. The number of hydrogen-bond donors (Lipinski definition) is 1. The molecule has 25 heavy (non-hydrogen) atoms. The van der Waals surface area contributed by atoms with E-state index in [1.807, 2.05) is 6.07 Å². The summed E-state index contributed by atoms with van der Waals surface area (Å²) in [6.07, 6.45) is 0.106. The second-order valence-electron chi connectivity index (χ2n) is 5.18. The molecule has 5 nitrogen and oxygen atoms in total. The summed E-state index contributed by atoms with van der Waals surface area (Å²) >= 11 is 0. The van der Waals surface area contributed by atoms with Gasteiger partial charge in [0.1, 0.15) is 11.9 Å². The van der Waals surface area contributed by atoms with Crippen LogP contribution in [0.2, 0.25) is 0 Å². The Kier molecular flexibility index (Phi) is 6.82. The number of carbonyl (C=O) groups is 2. The summed E-state index contributed by atoms with van der Waals surface area (Å²) < 4.78 is 30.6. The quantitative estimate of drug-likeness (QED) is 0.766. The predicted octanol–water partition coefficient (Wildman–Crippen LogP) is 2.30. The molecule has 7 heteroatoms. The third kappa shape index (κ3) is 5.22. The largest absolute Gasteiger partial charge is 0.467 e. The number of carbonyl (C=O) groups excluding carboxylic acids is 2. The molecule has 2 aromatic rings. The zero-order valence-corrected chi connectivity index (χ0v) is 14.4. The topological polar surface area (TPSA) is 72.5 Å². The molecule has 0 bridgehead atoms. The number of benzene rings is 2. The van der Waals surface area contributed by atoms with E-state index in [-0.39, 0.29) is 17.7 Å². The number of rotatable bonds is 7.